The zero-order chi connectivity index (χ0) is 20.3. The zero-order valence-electron chi connectivity index (χ0n) is 16.6. The molecule has 7 heteroatoms. The highest BCUT2D eigenvalue weighted by atomic mass is 32.2. The molecule has 1 aromatic carbocycles. The van der Waals surface area contributed by atoms with Gasteiger partial charge in [0, 0.05) is 29.5 Å². The molecule has 3 aromatic rings. The smallest absolute Gasteiger partial charge is 0.191 e. The maximum absolute atomic E-state index is 13.1. The van der Waals surface area contributed by atoms with Gasteiger partial charge in [0.25, 0.3) is 0 Å². The van der Waals surface area contributed by atoms with Crippen molar-refractivity contribution in [2.24, 2.45) is 0 Å². The van der Waals surface area contributed by atoms with E-state index in [1.165, 1.54) is 23.9 Å². The molecule has 0 bridgehead atoms. The van der Waals surface area contributed by atoms with Crippen molar-refractivity contribution in [3.63, 3.8) is 0 Å². The summed E-state index contributed by atoms with van der Waals surface area (Å²) < 4.78 is 17.2. The van der Waals surface area contributed by atoms with E-state index in [9.17, 15) is 9.18 Å². The van der Waals surface area contributed by atoms with Crippen LogP contribution in [0, 0.1) is 19.7 Å². The van der Waals surface area contributed by atoms with Crippen molar-refractivity contribution in [2.45, 2.75) is 51.9 Å². The van der Waals surface area contributed by atoms with E-state index in [1.54, 1.807) is 18.5 Å². The van der Waals surface area contributed by atoms with Crippen LogP contribution in [0.3, 0.4) is 0 Å². The molecular formula is C21H25FN4OS. The van der Waals surface area contributed by atoms with E-state index in [0.29, 0.717) is 5.75 Å². The Labute approximate surface area is 169 Å². The Kier molecular flexibility index (Phi) is 6.34. The van der Waals surface area contributed by atoms with Crippen LogP contribution in [0.15, 0.2) is 41.8 Å². The quantitative estimate of drug-likeness (QED) is 0.408. The second-order valence-corrected chi connectivity index (χ2v) is 8.08. The standard InChI is InChI=1S/C21H25FN4OS/c1-14(2)26-13-23-24-21(26)28-12-20(27)19-11-15(3)25(16(19)4)10-9-17-5-7-18(22)8-6-17/h5-8,11,13-14H,9-10,12H2,1-4H3. The van der Waals surface area contributed by atoms with Crippen LogP contribution in [-0.4, -0.2) is 30.9 Å². The number of aryl methyl sites for hydroxylation is 2. The minimum absolute atomic E-state index is 0.0874. The predicted octanol–water partition coefficient (Wildman–Crippen LogP) is 4.63. The van der Waals surface area contributed by atoms with E-state index in [-0.39, 0.29) is 17.6 Å². The Morgan fingerprint density at radius 1 is 1.21 bits per heavy atom. The first-order valence-corrected chi connectivity index (χ1v) is 10.3. The summed E-state index contributed by atoms with van der Waals surface area (Å²) in [6.45, 7) is 8.86. The van der Waals surface area contributed by atoms with E-state index < -0.39 is 0 Å². The fraction of sp³-hybridized carbons (Fsp3) is 0.381. The first-order chi connectivity index (χ1) is 13.4. The molecule has 0 aliphatic rings. The predicted molar refractivity (Wildman–Crippen MR) is 109 cm³/mol. The molecule has 0 unspecified atom stereocenters. The lowest BCUT2D eigenvalue weighted by atomic mass is 10.1. The summed E-state index contributed by atoms with van der Waals surface area (Å²) in [4.78, 5) is 12.8. The summed E-state index contributed by atoms with van der Waals surface area (Å²) in [5.41, 5.74) is 3.85. The molecule has 5 nitrogen and oxygen atoms in total. The first-order valence-electron chi connectivity index (χ1n) is 9.33. The normalized spacial score (nSPS) is 11.4. The molecule has 2 aromatic heterocycles. The lowest BCUT2D eigenvalue weighted by Crippen LogP contribution is -2.09. The van der Waals surface area contributed by atoms with Crippen molar-refractivity contribution < 1.29 is 9.18 Å². The van der Waals surface area contributed by atoms with Crippen LogP contribution in [0.25, 0.3) is 0 Å². The van der Waals surface area contributed by atoms with Crippen LogP contribution in [0.5, 0.6) is 0 Å². The van der Waals surface area contributed by atoms with Crippen LogP contribution in [0.1, 0.15) is 47.2 Å². The Morgan fingerprint density at radius 2 is 1.93 bits per heavy atom. The van der Waals surface area contributed by atoms with Gasteiger partial charge in [0.15, 0.2) is 10.9 Å². The van der Waals surface area contributed by atoms with Gasteiger partial charge in [-0.15, -0.1) is 10.2 Å². The summed E-state index contributed by atoms with van der Waals surface area (Å²) in [6, 6.07) is 8.77. The van der Waals surface area contributed by atoms with E-state index in [4.69, 9.17) is 0 Å². The molecule has 28 heavy (non-hydrogen) atoms. The minimum Gasteiger partial charge on any atom is -0.348 e. The number of hydrogen-bond donors (Lipinski definition) is 0. The number of carbonyl (C=O) groups excluding carboxylic acids is 1. The SMILES string of the molecule is Cc1cc(C(=O)CSc2nncn2C(C)C)c(C)n1CCc1ccc(F)cc1. The summed E-state index contributed by atoms with van der Waals surface area (Å²) in [6.07, 6.45) is 2.48. The number of hydrogen-bond acceptors (Lipinski definition) is 4. The van der Waals surface area contributed by atoms with Gasteiger partial charge in [-0.25, -0.2) is 4.39 Å². The van der Waals surface area contributed by atoms with Crippen molar-refractivity contribution in [2.75, 3.05) is 5.75 Å². The Hall–Kier alpha value is -2.41. The molecule has 0 saturated heterocycles. The first kappa shape index (κ1) is 20.3. The number of rotatable bonds is 8. The third-order valence-corrected chi connectivity index (χ3v) is 5.80. The van der Waals surface area contributed by atoms with Gasteiger partial charge < -0.3 is 9.13 Å². The molecule has 0 fully saturated rings. The summed E-state index contributed by atoms with van der Waals surface area (Å²) in [5.74, 6) is 0.188. The summed E-state index contributed by atoms with van der Waals surface area (Å²) in [7, 11) is 0. The van der Waals surface area contributed by atoms with Gasteiger partial charge in [-0.2, -0.15) is 0 Å². The Bertz CT molecular complexity index is 959. The van der Waals surface area contributed by atoms with Crippen LogP contribution < -0.4 is 0 Å². The number of halogens is 1. The Morgan fingerprint density at radius 3 is 2.61 bits per heavy atom. The topological polar surface area (TPSA) is 52.7 Å². The van der Waals surface area contributed by atoms with E-state index >= 15 is 0 Å². The van der Waals surface area contributed by atoms with Gasteiger partial charge in [0.05, 0.1) is 5.75 Å². The van der Waals surface area contributed by atoms with Crippen molar-refractivity contribution in [1.29, 1.82) is 0 Å². The number of carbonyl (C=O) groups is 1. The Balaban J connectivity index is 1.67. The van der Waals surface area contributed by atoms with Crippen LogP contribution >= 0.6 is 11.8 Å². The average molecular weight is 401 g/mol. The third kappa shape index (κ3) is 4.52. The van der Waals surface area contributed by atoms with Crippen molar-refractivity contribution in [3.8, 4) is 0 Å². The van der Waals surface area contributed by atoms with Crippen LogP contribution in [-0.2, 0) is 13.0 Å². The lowest BCUT2D eigenvalue weighted by molar-refractivity contribution is 0.102. The van der Waals surface area contributed by atoms with E-state index in [2.05, 4.69) is 28.6 Å². The molecule has 0 spiro atoms. The maximum Gasteiger partial charge on any atom is 0.191 e. The summed E-state index contributed by atoms with van der Waals surface area (Å²) >= 11 is 1.42. The van der Waals surface area contributed by atoms with Gasteiger partial charge in [0.2, 0.25) is 0 Å². The number of ketones is 1. The zero-order valence-corrected chi connectivity index (χ0v) is 17.5. The fourth-order valence-electron chi connectivity index (χ4n) is 3.22. The number of Topliss-reactive ketones (excluding diaryl/α,β-unsaturated/α-hetero) is 1. The molecule has 0 saturated carbocycles. The van der Waals surface area contributed by atoms with E-state index in [0.717, 1.165) is 40.6 Å². The molecule has 0 N–H and O–H groups in total. The molecule has 148 valence electrons. The van der Waals surface area contributed by atoms with Crippen molar-refractivity contribution >= 4 is 17.5 Å². The number of benzene rings is 1. The molecule has 3 rings (SSSR count). The highest BCUT2D eigenvalue weighted by molar-refractivity contribution is 7.99. The lowest BCUT2D eigenvalue weighted by Gasteiger charge is -2.10. The average Bonchev–Trinajstić information content (AvgIpc) is 3.24. The third-order valence-electron chi connectivity index (χ3n) is 4.84. The molecular weight excluding hydrogens is 375 g/mol. The molecule has 0 aliphatic heterocycles. The molecule has 0 amide bonds. The highest BCUT2D eigenvalue weighted by Gasteiger charge is 2.17. The summed E-state index contributed by atoms with van der Waals surface area (Å²) in [5, 5.41) is 8.81. The van der Waals surface area contributed by atoms with Gasteiger partial charge in [-0.1, -0.05) is 23.9 Å². The second-order valence-electron chi connectivity index (χ2n) is 7.14. The molecule has 2 heterocycles. The van der Waals surface area contributed by atoms with Gasteiger partial charge in [0.1, 0.15) is 12.1 Å². The molecule has 0 radical (unpaired) electrons. The minimum atomic E-state index is -0.226. The highest BCUT2D eigenvalue weighted by Crippen LogP contribution is 2.23. The molecule has 0 atom stereocenters. The second kappa shape index (κ2) is 8.73. The fourth-order valence-corrected chi connectivity index (χ4v) is 4.14. The van der Waals surface area contributed by atoms with Crippen LogP contribution in [0.2, 0.25) is 0 Å². The molecule has 0 aliphatic carbocycles. The van der Waals surface area contributed by atoms with Gasteiger partial charge in [-0.3, -0.25) is 4.79 Å². The number of thioether (sulfide) groups is 1. The van der Waals surface area contributed by atoms with Crippen LogP contribution in [0.4, 0.5) is 4.39 Å². The monoisotopic (exact) mass is 400 g/mol. The maximum atomic E-state index is 13.1. The van der Waals surface area contributed by atoms with Crippen molar-refractivity contribution in [3.05, 3.63) is 65.0 Å². The van der Waals surface area contributed by atoms with Gasteiger partial charge >= 0.3 is 0 Å². The van der Waals surface area contributed by atoms with Crippen molar-refractivity contribution in [1.82, 2.24) is 19.3 Å². The van der Waals surface area contributed by atoms with E-state index in [1.807, 2.05) is 24.5 Å². The number of nitrogens with zero attached hydrogens (tertiary/aromatic N) is 4. The van der Waals surface area contributed by atoms with Gasteiger partial charge in [-0.05, 0) is 57.9 Å². The largest absolute Gasteiger partial charge is 0.348 e. The number of aromatic nitrogens is 4.